The molecule has 0 heterocycles. The number of allylic oxidation sites excluding steroid dienone is 1. The minimum Gasteiger partial charge on any atom is -0.481 e. The molecule has 0 atom stereocenters. The molecular formula is C17H27NO7. The number of amides is 2. The number of aliphatic carboxylic acids is 1. The van der Waals surface area contributed by atoms with Crippen LogP contribution < -0.4 is 0 Å². The van der Waals surface area contributed by atoms with Gasteiger partial charge in [0.1, 0.15) is 17.0 Å². The van der Waals surface area contributed by atoms with Crippen LogP contribution in [0.5, 0.6) is 0 Å². The Hall–Kier alpha value is -2.38. The van der Waals surface area contributed by atoms with E-state index in [1.54, 1.807) is 41.5 Å². The number of carbonyl (C=O) groups excluding carboxylic acids is 3. The first-order valence-corrected chi connectivity index (χ1v) is 7.80. The van der Waals surface area contributed by atoms with E-state index in [1.165, 1.54) is 0 Å². The molecule has 0 aromatic rings. The van der Waals surface area contributed by atoms with Gasteiger partial charge in [-0.25, -0.2) is 9.59 Å². The summed E-state index contributed by atoms with van der Waals surface area (Å²) in [5.41, 5.74) is -1.88. The fourth-order valence-electron chi connectivity index (χ4n) is 1.59. The van der Waals surface area contributed by atoms with Crippen LogP contribution in [0.2, 0.25) is 0 Å². The molecule has 0 aromatic heterocycles. The molecule has 0 rings (SSSR count). The van der Waals surface area contributed by atoms with Crippen molar-refractivity contribution in [3.05, 3.63) is 12.3 Å². The van der Waals surface area contributed by atoms with Crippen LogP contribution in [0.25, 0.3) is 0 Å². The molecule has 2 amide bonds. The molecule has 25 heavy (non-hydrogen) atoms. The van der Waals surface area contributed by atoms with Gasteiger partial charge in [0.2, 0.25) is 0 Å². The second kappa shape index (κ2) is 8.64. The van der Waals surface area contributed by atoms with Crippen molar-refractivity contribution in [1.29, 1.82) is 0 Å². The van der Waals surface area contributed by atoms with Crippen LogP contribution in [-0.2, 0) is 19.1 Å². The molecule has 1 N–H and O–H groups in total. The Morgan fingerprint density at radius 2 is 1.28 bits per heavy atom. The van der Waals surface area contributed by atoms with E-state index in [4.69, 9.17) is 14.6 Å². The Morgan fingerprint density at radius 3 is 1.60 bits per heavy atom. The molecule has 0 aromatic carbocycles. The highest BCUT2D eigenvalue weighted by molar-refractivity contribution is 5.92. The Morgan fingerprint density at radius 1 is 0.880 bits per heavy atom. The average molecular weight is 357 g/mol. The number of Topliss-reactive ketones (excluding diaryl/α,β-unsaturated/α-hetero) is 1. The van der Waals surface area contributed by atoms with Gasteiger partial charge in [-0.2, -0.15) is 4.90 Å². The molecule has 0 saturated heterocycles. The number of carboxylic acids is 1. The Balaban J connectivity index is 5.26. The zero-order chi connectivity index (χ0) is 20.0. The van der Waals surface area contributed by atoms with Crippen molar-refractivity contribution in [1.82, 2.24) is 4.90 Å². The average Bonchev–Trinajstić information content (AvgIpc) is 2.31. The standard InChI is InChI=1S/C17H27NO7/c1-11(10-12(19)8-9-13(20)21)18(14(22)24-16(2,3)4)15(23)25-17(5,6)7/h1,8-10H2,2-7H3,(H,20,21). The molecular weight excluding hydrogens is 330 g/mol. The fourth-order valence-corrected chi connectivity index (χ4v) is 1.59. The summed E-state index contributed by atoms with van der Waals surface area (Å²) in [6.07, 6.45) is -2.97. The van der Waals surface area contributed by atoms with Gasteiger partial charge in [-0.1, -0.05) is 6.58 Å². The first-order valence-electron chi connectivity index (χ1n) is 7.80. The summed E-state index contributed by atoms with van der Waals surface area (Å²) in [7, 11) is 0. The zero-order valence-corrected chi connectivity index (χ0v) is 15.7. The van der Waals surface area contributed by atoms with Crippen molar-refractivity contribution >= 4 is 23.9 Å². The van der Waals surface area contributed by atoms with Gasteiger partial charge in [-0.3, -0.25) is 9.59 Å². The zero-order valence-electron chi connectivity index (χ0n) is 15.7. The molecule has 0 radical (unpaired) electrons. The summed E-state index contributed by atoms with van der Waals surface area (Å²) < 4.78 is 10.3. The maximum atomic E-state index is 12.3. The molecule has 0 bridgehead atoms. The highest BCUT2D eigenvalue weighted by Crippen LogP contribution is 2.20. The molecule has 8 heteroatoms. The molecule has 0 aliphatic carbocycles. The Kier molecular flexibility index (Phi) is 7.82. The number of imide groups is 1. The number of hydrogen-bond acceptors (Lipinski definition) is 6. The second-order valence-corrected chi connectivity index (χ2v) is 7.47. The van der Waals surface area contributed by atoms with E-state index >= 15 is 0 Å². The third-order valence-electron chi connectivity index (χ3n) is 2.49. The number of ketones is 1. The van der Waals surface area contributed by atoms with Gasteiger partial charge in [-0.15, -0.1) is 0 Å². The van der Waals surface area contributed by atoms with Gasteiger partial charge in [0.15, 0.2) is 0 Å². The lowest BCUT2D eigenvalue weighted by Gasteiger charge is -2.29. The van der Waals surface area contributed by atoms with E-state index in [1.807, 2.05) is 0 Å². The first-order chi connectivity index (χ1) is 11.1. The third kappa shape index (κ3) is 10.2. The van der Waals surface area contributed by atoms with Crippen molar-refractivity contribution < 1.29 is 33.8 Å². The minimum atomic E-state index is -1.12. The van der Waals surface area contributed by atoms with Gasteiger partial charge in [0.25, 0.3) is 0 Å². The van der Waals surface area contributed by atoms with Crippen LogP contribution in [0.3, 0.4) is 0 Å². The molecule has 8 nitrogen and oxygen atoms in total. The number of carboxylic acid groups (broad SMARTS) is 1. The minimum absolute atomic E-state index is 0.140. The van der Waals surface area contributed by atoms with Crippen LogP contribution in [0, 0.1) is 0 Å². The molecule has 0 unspecified atom stereocenters. The highest BCUT2D eigenvalue weighted by atomic mass is 16.6. The van der Waals surface area contributed by atoms with Crippen molar-refractivity contribution in [3.8, 4) is 0 Å². The molecule has 0 fully saturated rings. The van der Waals surface area contributed by atoms with Crippen LogP contribution >= 0.6 is 0 Å². The van der Waals surface area contributed by atoms with Crippen LogP contribution in [0.15, 0.2) is 12.3 Å². The highest BCUT2D eigenvalue weighted by Gasteiger charge is 2.33. The lowest BCUT2D eigenvalue weighted by atomic mass is 10.1. The fraction of sp³-hybridized carbons (Fsp3) is 0.647. The lowest BCUT2D eigenvalue weighted by Crippen LogP contribution is -2.43. The maximum absolute atomic E-state index is 12.3. The van der Waals surface area contributed by atoms with Gasteiger partial charge in [0.05, 0.1) is 6.42 Å². The Bertz CT molecular complexity index is 524. The number of ether oxygens (including phenoxy) is 2. The van der Waals surface area contributed by atoms with E-state index in [-0.39, 0.29) is 25.0 Å². The largest absolute Gasteiger partial charge is 0.481 e. The predicted molar refractivity (Wildman–Crippen MR) is 89.9 cm³/mol. The van der Waals surface area contributed by atoms with E-state index < -0.39 is 35.1 Å². The van der Waals surface area contributed by atoms with Crippen molar-refractivity contribution in [3.63, 3.8) is 0 Å². The summed E-state index contributed by atoms with van der Waals surface area (Å²) >= 11 is 0. The number of nitrogens with zero attached hydrogens (tertiary/aromatic N) is 1. The van der Waals surface area contributed by atoms with Crippen LogP contribution in [-0.4, -0.2) is 45.1 Å². The number of hydrogen-bond donors (Lipinski definition) is 1. The Labute approximate surface area is 147 Å². The van der Waals surface area contributed by atoms with Crippen LogP contribution in [0.4, 0.5) is 9.59 Å². The number of rotatable bonds is 6. The van der Waals surface area contributed by atoms with Gasteiger partial charge >= 0.3 is 18.2 Å². The molecule has 0 spiro atoms. The first kappa shape index (κ1) is 22.6. The van der Waals surface area contributed by atoms with Crippen molar-refractivity contribution in [2.45, 2.75) is 72.0 Å². The molecule has 0 aliphatic heterocycles. The molecule has 0 saturated carbocycles. The monoisotopic (exact) mass is 357 g/mol. The van der Waals surface area contributed by atoms with Crippen molar-refractivity contribution in [2.24, 2.45) is 0 Å². The van der Waals surface area contributed by atoms with E-state index in [2.05, 4.69) is 6.58 Å². The van der Waals surface area contributed by atoms with Gasteiger partial charge in [-0.05, 0) is 41.5 Å². The summed E-state index contributed by atoms with van der Waals surface area (Å²) in [6, 6.07) is 0. The maximum Gasteiger partial charge on any atom is 0.424 e. The molecule has 142 valence electrons. The van der Waals surface area contributed by atoms with Crippen LogP contribution in [0.1, 0.15) is 60.8 Å². The smallest absolute Gasteiger partial charge is 0.424 e. The number of carbonyl (C=O) groups is 4. The predicted octanol–water partition coefficient (Wildman–Crippen LogP) is 3.50. The van der Waals surface area contributed by atoms with Gasteiger partial charge in [0, 0.05) is 18.5 Å². The summed E-state index contributed by atoms with van der Waals surface area (Å²) in [6.45, 7) is 13.3. The summed E-state index contributed by atoms with van der Waals surface area (Å²) in [5.74, 6) is -1.58. The van der Waals surface area contributed by atoms with Gasteiger partial charge < -0.3 is 14.6 Å². The lowest BCUT2D eigenvalue weighted by molar-refractivity contribution is -0.138. The quantitative estimate of drug-likeness (QED) is 0.774. The summed E-state index contributed by atoms with van der Waals surface area (Å²) in [5, 5.41) is 8.60. The van der Waals surface area contributed by atoms with E-state index in [0.717, 1.165) is 0 Å². The normalized spacial score (nSPS) is 11.4. The second-order valence-electron chi connectivity index (χ2n) is 7.47. The van der Waals surface area contributed by atoms with Crippen molar-refractivity contribution in [2.75, 3.05) is 0 Å². The summed E-state index contributed by atoms with van der Waals surface area (Å²) in [4.78, 5) is 47.5. The SMILES string of the molecule is C=C(CC(=O)CCC(=O)O)N(C(=O)OC(C)(C)C)C(=O)OC(C)(C)C. The topological polar surface area (TPSA) is 110 Å². The van der Waals surface area contributed by atoms with E-state index in [0.29, 0.717) is 4.90 Å². The van der Waals surface area contributed by atoms with E-state index in [9.17, 15) is 19.2 Å². The molecule has 0 aliphatic rings. The third-order valence-corrected chi connectivity index (χ3v) is 2.49.